The number of rotatable bonds is 6. The first-order valence-corrected chi connectivity index (χ1v) is 6.72. The van der Waals surface area contributed by atoms with Gasteiger partial charge >= 0.3 is 0 Å². The Morgan fingerprint density at radius 3 is 2.52 bits per heavy atom. The summed E-state index contributed by atoms with van der Waals surface area (Å²) in [6.45, 7) is 3.25. The van der Waals surface area contributed by atoms with Gasteiger partial charge in [-0.3, -0.25) is 0 Å². The van der Waals surface area contributed by atoms with E-state index >= 15 is 0 Å². The third-order valence-corrected chi connectivity index (χ3v) is 2.88. The zero-order valence-electron chi connectivity index (χ0n) is 11.6. The van der Waals surface area contributed by atoms with Crippen LogP contribution < -0.4 is 10.1 Å². The van der Waals surface area contributed by atoms with Gasteiger partial charge < -0.3 is 10.1 Å². The molecule has 0 radical (unpaired) electrons. The van der Waals surface area contributed by atoms with Crippen molar-refractivity contribution in [2.75, 3.05) is 6.54 Å². The number of hydrogen-bond donors (Lipinski definition) is 1. The molecule has 0 bridgehead atoms. The van der Waals surface area contributed by atoms with Gasteiger partial charge in [-0.1, -0.05) is 6.92 Å². The van der Waals surface area contributed by atoms with Gasteiger partial charge in [-0.15, -0.1) is 0 Å². The molecule has 5 heteroatoms. The van der Waals surface area contributed by atoms with E-state index in [1.807, 2.05) is 6.92 Å². The molecule has 0 aliphatic carbocycles. The monoisotopic (exact) mass is 295 g/mol. The smallest absolute Gasteiger partial charge is 0.162 e. The van der Waals surface area contributed by atoms with Crippen molar-refractivity contribution in [3.8, 4) is 11.5 Å². The summed E-state index contributed by atoms with van der Waals surface area (Å²) in [5, 5.41) is 3.14. The molecule has 2 nitrogen and oxygen atoms in total. The number of halogens is 3. The molecule has 21 heavy (non-hydrogen) atoms. The Labute approximate surface area is 121 Å². The highest BCUT2D eigenvalue weighted by Crippen LogP contribution is 2.27. The lowest BCUT2D eigenvalue weighted by molar-refractivity contribution is 0.453. The summed E-state index contributed by atoms with van der Waals surface area (Å²) in [6.07, 6.45) is 0.953. The van der Waals surface area contributed by atoms with Crippen molar-refractivity contribution >= 4 is 0 Å². The summed E-state index contributed by atoms with van der Waals surface area (Å²) < 4.78 is 44.9. The molecule has 2 aromatic rings. The van der Waals surface area contributed by atoms with Crippen LogP contribution in [0.15, 0.2) is 36.4 Å². The Morgan fingerprint density at radius 2 is 1.81 bits per heavy atom. The van der Waals surface area contributed by atoms with Crippen LogP contribution in [0.2, 0.25) is 0 Å². The lowest BCUT2D eigenvalue weighted by Gasteiger charge is -2.12. The van der Waals surface area contributed by atoms with Crippen LogP contribution in [0.25, 0.3) is 0 Å². The molecule has 0 aliphatic rings. The van der Waals surface area contributed by atoms with Crippen LogP contribution in [0, 0.1) is 17.5 Å². The fraction of sp³-hybridized carbons (Fsp3) is 0.250. The van der Waals surface area contributed by atoms with E-state index in [4.69, 9.17) is 4.74 Å². The van der Waals surface area contributed by atoms with Gasteiger partial charge in [-0.25, -0.2) is 13.2 Å². The van der Waals surface area contributed by atoms with Crippen LogP contribution in [0.1, 0.15) is 18.9 Å². The number of benzene rings is 2. The lowest BCUT2D eigenvalue weighted by atomic mass is 10.2. The first kappa shape index (κ1) is 15.4. The van der Waals surface area contributed by atoms with Crippen LogP contribution in [0.4, 0.5) is 13.2 Å². The predicted molar refractivity (Wildman–Crippen MR) is 74.8 cm³/mol. The second-order valence-corrected chi connectivity index (χ2v) is 4.61. The fourth-order valence-electron chi connectivity index (χ4n) is 1.85. The van der Waals surface area contributed by atoms with E-state index in [1.54, 1.807) is 0 Å². The third kappa shape index (κ3) is 4.23. The van der Waals surface area contributed by atoms with Crippen LogP contribution in [0.5, 0.6) is 11.5 Å². The number of hydrogen-bond acceptors (Lipinski definition) is 2. The Kier molecular flexibility index (Phi) is 5.22. The van der Waals surface area contributed by atoms with Gasteiger partial charge in [-0.2, -0.15) is 0 Å². The van der Waals surface area contributed by atoms with Crippen molar-refractivity contribution < 1.29 is 17.9 Å². The molecule has 112 valence electrons. The van der Waals surface area contributed by atoms with E-state index in [0.717, 1.165) is 25.1 Å². The largest absolute Gasteiger partial charge is 0.457 e. The molecule has 0 unspecified atom stereocenters. The molecule has 0 saturated carbocycles. The second-order valence-electron chi connectivity index (χ2n) is 4.61. The highest BCUT2D eigenvalue weighted by atomic mass is 19.2. The van der Waals surface area contributed by atoms with E-state index in [9.17, 15) is 13.2 Å². The zero-order valence-corrected chi connectivity index (χ0v) is 11.6. The molecule has 2 rings (SSSR count). The van der Waals surface area contributed by atoms with E-state index in [0.29, 0.717) is 17.9 Å². The maximum absolute atomic E-state index is 13.3. The van der Waals surface area contributed by atoms with Crippen LogP contribution >= 0.6 is 0 Å². The minimum absolute atomic E-state index is 0.164. The molecule has 0 heterocycles. The predicted octanol–water partition coefficient (Wildman–Crippen LogP) is 4.40. The van der Waals surface area contributed by atoms with Gasteiger partial charge in [-0.05, 0) is 43.3 Å². The maximum Gasteiger partial charge on any atom is 0.162 e. The topological polar surface area (TPSA) is 21.3 Å². The van der Waals surface area contributed by atoms with Gasteiger partial charge in [0.05, 0.1) is 0 Å². The standard InChI is InChI=1S/C16H16F3NO/c1-2-7-20-10-11-8-12(17)3-6-16(11)21-13-4-5-14(18)15(19)9-13/h3-6,8-9,20H,2,7,10H2,1H3. The first-order valence-electron chi connectivity index (χ1n) is 6.72. The number of ether oxygens (including phenoxy) is 1. The van der Waals surface area contributed by atoms with Gasteiger partial charge in [0.25, 0.3) is 0 Å². The van der Waals surface area contributed by atoms with E-state index < -0.39 is 11.6 Å². The normalized spacial score (nSPS) is 10.7. The Bertz CT molecular complexity index is 616. The maximum atomic E-state index is 13.3. The van der Waals surface area contributed by atoms with Crippen molar-refractivity contribution in [1.82, 2.24) is 5.32 Å². The molecule has 2 aromatic carbocycles. The van der Waals surface area contributed by atoms with Crippen LogP contribution in [-0.4, -0.2) is 6.54 Å². The highest BCUT2D eigenvalue weighted by Gasteiger charge is 2.09. The van der Waals surface area contributed by atoms with Gasteiger partial charge in [0.1, 0.15) is 17.3 Å². The average Bonchev–Trinajstić information content (AvgIpc) is 2.46. The molecule has 1 N–H and O–H groups in total. The summed E-state index contributed by atoms with van der Waals surface area (Å²) in [4.78, 5) is 0. The van der Waals surface area contributed by atoms with Crippen molar-refractivity contribution in [2.45, 2.75) is 19.9 Å². The third-order valence-electron chi connectivity index (χ3n) is 2.88. The Hall–Kier alpha value is -2.01. The van der Waals surface area contributed by atoms with E-state index in [2.05, 4.69) is 5.32 Å². The molecule has 0 fully saturated rings. The molecule has 0 amide bonds. The Morgan fingerprint density at radius 1 is 1.00 bits per heavy atom. The van der Waals surface area contributed by atoms with Crippen molar-refractivity contribution in [1.29, 1.82) is 0 Å². The van der Waals surface area contributed by atoms with Gasteiger partial charge in [0.15, 0.2) is 11.6 Å². The second kappa shape index (κ2) is 7.13. The van der Waals surface area contributed by atoms with E-state index in [1.165, 1.54) is 24.3 Å². The summed E-state index contributed by atoms with van der Waals surface area (Å²) in [5.41, 5.74) is 0.619. The van der Waals surface area contributed by atoms with Crippen molar-refractivity contribution in [3.63, 3.8) is 0 Å². The number of nitrogens with one attached hydrogen (secondary N) is 1. The molecular weight excluding hydrogens is 279 g/mol. The summed E-state index contributed by atoms with van der Waals surface area (Å²) in [7, 11) is 0. The van der Waals surface area contributed by atoms with Crippen molar-refractivity contribution in [3.05, 3.63) is 59.4 Å². The quantitative estimate of drug-likeness (QED) is 0.798. The minimum Gasteiger partial charge on any atom is -0.457 e. The van der Waals surface area contributed by atoms with E-state index in [-0.39, 0.29) is 11.6 Å². The minimum atomic E-state index is -0.986. The van der Waals surface area contributed by atoms with Crippen LogP contribution in [0.3, 0.4) is 0 Å². The van der Waals surface area contributed by atoms with Crippen LogP contribution in [-0.2, 0) is 6.54 Å². The molecular formula is C16H16F3NO. The summed E-state index contributed by atoms with van der Waals surface area (Å²) >= 11 is 0. The van der Waals surface area contributed by atoms with Crippen molar-refractivity contribution in [2.24, 2.45) is 0 Å². The average molecular weight is 295 g/mol. The molecule has 0 spiro atoms. The van der Waals surface area contributed by atoms with Gasteiger partial charge in [0, 0.05) is 18.2 Å². The summed E-state index contributed by atoms with van der Waals surface area (Å²) in [5.74, 6) is -1.73. The molecule has 0 saturated heterocycles. The molecule has 0 atom stereocenters. The molecule has 0 aromatic heterocycles. The SMILES string of the molecule is CCCNCc1cc(F)ccc1Oc1ccc(F)c(F)c1. The first-order chi connectivity index (χ1) is 10.1. The zero-order chi connectivity index (χ0) is 15.2. The fourth-order valence-corrected chi connectivity index (χ4v) is 1.85. The molecule has 0 aliphatic heterocycles. The Balaban J connectivity index is 2.19. The lowest BCUT2D eigenvalue weighted by Crippen LogP contribution is -2.14. The highest BCUT2D eigenvalue weighted by molar-refractivity contribution is 5.38. The summed E-state index contributed by atoms with van der Waals surface area (Å²) in [6, 6.07) is 7.37. The van der Waals surface area contributed by atoms with Gasteiger partial charge in [0.2, 0.25) is 0 Å².